The van der Waals surface area contributed by atoms with E-state index >= 15 is 0 Å². The number of amides is 1. The Morgan fingerprint density at radius 2 is 2.00 bits per heavy atom. The third kappa shape index (κ3) is 1.88. The van der Waals surface area contributed by atoms with Crippen LogP contribution in [0.3, 0.4) is 0 Å². The van der Waals surface area contributed by atoms with Gasteiger partial charge in [0.15, 0.2) is 0 Å². The average molecular weight is 218 g/mol. The number of carbonyl (C=O) groups excluding carboxylic acids is 1. The molecule has 2 aliphatic rings. The number of likely N-dealkylation sites (tertiary alicyclic amines) is 1. The second-order valence-electron chi connectivity index (χ2n) is 3.65. The molecule has 0 radical (unpaired) electrons. The number of nitrogens with one attached hydrogen (secondary N) is 1. The molecule has 14 heavy (non-hydrogen) atoms. The first-order valence-corrected chi connectivity index (χ1v) is 5.80. The van der Waals surface area contributed by atoms with Gasteiger partial charge in [-0.25, -0.2) is 0 Å². The highest BCUT2D eigenvalue weighted by Gasteiger charge is 2.36. The van der Waals surface area contributed by atoms with Gasteiger partial charge in [0.05, 0.1) is 18.2 Å². The molecule has 5 nitrogen and oxygen atoms in total. The first-order valence-electron chi connectivity index (χ1n) is 4.64. The average Bonchev–Trinajstić information content (AvgIpc) is 2.76. The fourth-order valence-corrected chi connectivity index (χ4v) is 2.66. The van der Waals surface area contributed by atoms with Crippen molar-refractivity contribution in [3.05, 3.63) is 0 Å². The molecule has 0 aromatic heterocycles. The lowest BCUT2D eigenvalue weighted by atomic mass is 10.3. The minimum Gasteiger partial charge on any atom is -0.388 e. The maximum absolute atomic E-state index is 11.8. The highest BCUT2D eigenvalue weighted by atomic mass is 32.2. The topological polar surface area (TPSA) is 72.8 Å². The van der Waals surface area contributed by atoms with E-state index in [1.807, 2.05) is 0 Å². The Morgan fingerprint density at radius 3 is 2.50 bits per heavy atom. The Hall–Kier alpha value is -0.300. The van der Waals surface area contributed by atoms with E-state index in [9.17, 15) is 15.0 Å². The highest BCUT2D eigenvalue weighted by molar-refractivity contribution is 7.99. The van der Waals surface area contributed by atoms with E-state index in [-0.39, 0.29) is 25.0 Å². The number of aliphatic hydroxyl groups is 2. The van der Waals surface area contributed by atoms with Gasteiger partial charge in [-0.05, 0) is 0 Å². The van der Waals surface area contributed by atoms with Gasteiger partial charge < -0.3 is 15.1 Å². The van der Waals surface area contributed by atoms with Crippen molar-refractivity contribution in [2.75, 3.05) is 24.7 Å². The van der Waals surface area contributed by atoms with Crippen LogP contribution in [0, 0.1) is 0 Å². The number of β-amino-alcohol motifs (C(OH)–C–C–N with tert-alkyl or cyclic N) is 2. The van der Waals surface area contributed by atoms with Gasteiger partial charge in [0.1, 0.15) is 0 Å². The lowest BCUT2D eigenvalue weighted by Crippen LogP contribution is -2.44. The second kappa shape index (κ2) is 4.06. The summed E-state index contributed by atoms with van der Waals surface area (Å²) in [6.07, 6.45) is -1.57. The standard InChI is InChI=1S/C8H14N2O3S/c11-6-1-10(2-7(6)12)8(13)5-3-14-4-9-5/h5-7,9,11-12H,1-4H2. The van der Waals surface area contributed by atoms with Crippen LogP contribution in [0.25, 0.3) is 0 Å². The molecule has 3 unspecified atom stereocenters. The molecule has 2 fully saturated rings. The Balaban J connectivity index is 1.92. The minimum absolute atomic E-state index is 0.00870. The summed E-state index contributed by atoms with van der Waals surface area (Å²) in [6.45, 7) is 0.506. The summed E-state index contributed by atoms with van der Waals surface area (Å²) in [7, 11) is 0. The highest BCUT2D eigenvalue weighted by Crippen LogP contribution is 2.16. The van der Waals surface area contributed by atoms with Crippen LogP contribution in [0.2, 0.25) is 0 Å². The number of aliphatic hydroxyl groups excluding tert-OH is 2. The molecule has 1 amide bonds. The molecule has 0 aromatic rings. The second-order valence-corrected chi connectivity index (χ2v) is 4.68. The van der Waals surface area contributed by atoms with Gasteiger partial charge in [-0.3, -0.25) is 10.1 Å². The number of hydrogen-bond donors (Lipinski definition) is 3. The monoisotopic (exact) mass is 218 g/mol. The predicted molar refractivity (Wildman–Crippen MR) is 52.8 cm³/mol. The van der Waals surface area contributed by atoms with Gasteiger partial charge in [-0.2, -0.15) is 0 Å². The largest absolute Gasteiger partial charge is 0.388 e. The lowest BCUT2D eigenvalue weighted by Gasteiger charge is -2.19. The first-order chi connectivity index (χ1) is 6.68. The number of thioether (sulfide) groups is 1. The number of carbonyl (C=O) groups is 1. The molecule has 2 rings (SSSR count). The maximum atomic E-state index is 11.8. The van der Waals surface area contributed by atoms with E-state index in [1.54, 1.807) is 11.8 Å². The van der Waals surface area contributed by atoms with E-state index in [0.29, 0.717) is 0 Å². The summed E-state index contributed by atoms with van der Waals surface area (Å²) in [6, 6.07) is -0.141. The normalized spacial score (nSPS) is 37.9. The van der Waals surface area contributed by atoms with Crippen LogP contribution in [0.5, 0.6) is 0 Å². The van der Waals surface area contributed by atoms with E-state index in [0.717, 1.165) is 11.6 Å². The van der Waals surface area contributed by atoms with Crippen LogP contribution in [0.1, 0.15) is 0 Å². The van der Waals surface area contributed by atoms with Crippen molar-refractivity contribution in [3.63, 3.8) is 0 Å². The lowest BCUT2D eigenvalue weighted by molar-refractivity contribution is -0.132. The Labute approximate surface area is 86.5 Å². The molecular formula is C8H14N2O3S. The van der Waals surface area contributed by atoms with Gasteiger partial charge >= 0.3 is 0 Å². The predicted octanol–water partition coefficient (Wildman–Crippen LogP) is -1.79. The molecule has 6 heteroatoms. The zero-order valence-corrected chi connectivity index (χ0v) is 8.54. The zero-order valence-electron chi connectivity index (χ0n) is 7.72. The van der Waals surface area contributed by atoms with Crippen molar-refractivity contribution in [1.29, 1.82) is 0 Å². The summed E-state index contributed by atoms with van der Waals surface area (Å²) < 4.78 is 0. The molecule has 80 valence electrons. The maximum Gasteiger partial charge on any atom is 0.240 e. The molecule has 0 aromatic carbocycles. The first kappa shape index (κ1) is 10.2. The van der Waals surface area contributed by atoms with Crippen LogP contribution in [-0.4, -0.2) is 64.0 Å². The minimum atomic E-state index is -0.784. The van der Waals surface area contributed by atoms with Gasteiger partial charge in [0, 0.05) is 24.7 Å². The van der Waals surface area contributed by atoms with Crippen molar-refractivity contribution >= 4 is 17.7 Å². The Morgan fingerprint density at radius 1 is 1.36 bits per heavy atom. The van der Waals surface area contributed by atoms with Gasteiger partial charge in [0.25, 0.3) is 0 Å². The summed E-state index contributed by atoms with van der Waals surface area (Å²) in [5, 5.41) is 21.7. The molecule has 0 saturated carbocycles. The SMILES string of the molecule is O=C(C1CSCN1)N1CC(O)C(O)C1. The summed E-state index contributed by atoms with van der Waals surface area (Å²) in [4.78, 5) is 13.3. The van der Waals surface area contributed by atoms with Gasteiger partial charge in [0.2, 0.25) is 5.91 Å². The molecule has 0 aliphatic carbocycles. The van der Waals surface area contributed by atoms with Crippen LogP contribution in [0.4, 0.5) is 0 Å². The summed E-state index contributed by atoms with van der Waals surface area (Å²) in [5.41, 5.74) is 0. The Bertz CT molecular complexity index is 223. The molecule has 2 heterocycles. The molecule has 3 N–H and O–H groups in total. The summed E-state index contributed by atoms with van der Waals surface area (Å²) >= 11 is 1.69. The van der Waals surface area contributed by atoms with Gasteiger partial charge in [-0.15, -0.1) is 11.8 Å². The van der Waals surface area contributed by atoms with Crippen molar-refractivity contribution < 1.29 is 15.0 Å². The van der Waals surface area contributed by atoms with E-state index in [2.05, 4.69) is 5.32 Å². The molecule has 2 saturated heterocycles. The van der Waals surface area contributed by atoms with Crippen LogP contribution in [0.15, 0.2) is 0 Å². The third-order valence-electron chi connectivity index (χ3n) is 2.59. The number of rotatable bonds is 1. The van der Waals surface area contributed by atoms with Crippen molar-refractivity contribution in [3.8, 4) is 0 Å². The fourth-order valence-electron chi connectivity index (χ4n) is 1.72. The molecule has 0 bridgehead atoms. The molecular weight excluding hydrogens is 204 g/mol. The van der Waals surface area contributed by atoms with E-state index < -0.39 is 12.2 Å². The van der Waals surface area contributed by atoms with Crippen LogP contribution in [-0.2, 0) is 4.79 Å². The van der Waals surface area contributed by atoms with Crippen LogP contribution >= 0.6 is 11.8 Å². The van der Waals surface area contributed by atoms with Gasteiger partial charge in [-0.1, -0.05) is 0 Å². The van der Waals surface area contributed by atoms with E-state index in [4.69, 9.17) is 0 Å². The quantitative estimate of drug-likeness (QED) is 0.485. The molecule has 3 atom stereocenters. The van der Waals surface area contributed by atoms with Crippen molar-refractivity contribution in [2.24, 2.45) is 0 Å². The smallest absolute Gasteiger partial charge is 0.240 e. The van der Waals surface area contributed by atoms with E-state index in [1.165, 1.54) is 4.90 Å². The molecule has 0 spiro atoms. The Kier molecular flexibility index (Phi) is 2.96. The fraction of sp³-hybridized carbons (Fsp3) is 0.875. The third-order valence-corrected chi connectivity index (χ3v) is 3.52. The van der Waals surface area contributed by atoms with Crippen LogP contribution < -0.4 is 5.32 Å². The number of hydrogen-bond acceptors (Lipinski definition) is 5. The van der Waals surface area contributed by atoms with Crippen molar-refractivity contribution in [2.45, 2.75) is 18.2 Å². The number of nitrogens with zero attached hydrogens (tertiary/aromatic N) is 1. The summed E-state index contributed by atoms with van der Waals surface area (Å²) in [5.74, 6) is 1.57. The van der Waals surface area contributed by atoms with Crippen molar-refractivity contribution in [1.82, 2.24) is 10.2 Å². The molecule has 2 aliphatic heterocycles. The zero-order chi connectivity index (χ0) is 10.1.